The lowest BCUT2D eigenvalue weighted by Gasteiger charge is -2.02. The molecule has 1 aromatic carbocycles. The molecule has 106 valence electrons. The van der Waals surface area contributed by atoms with Crippen LogP contribution in [0.4, 0.5) is 0 Å². The summed E-state index contributed by atoms with van der Waals surface area (Å²) in [4.78, 5) is 19.7. The lowest BCUT2D eigenvalue weighted by Crippen LogP contribution is -2.32. The Balaban J connectivity index is 1.67. The molecule has 0 aliphatic heterocycles. The van der Waals surface area contributed by atoms with Crippen molar-refractivity contribution in [2.24, 2.45) is 0 Å². The summed E-state index contributed by atoms with van der Waals surface area (Å²) in [5, 5.41) is 2.87. The number of nitrogens with zero attached hydrogens (tertiary/aromatic N) is 2. The zero-order valence-electron chi connectivity index (χ0n) is 11.8. The van der Waals surface area contributed by atoms with Crippen molar-refractivity contribution < 1.29 is 9.36 Å². The Morgan fingerprint density at radius 3 is 2.71 bits per heavy atom. The zero-order valence-corrected chi connectivity index (χ0v) is 11.8. The van der Waals surface area contributed by atoms with Crippen LogP contribution in [0.25, 0.3) is 11.0 Å². The number of nitrogens with one attached hydrogen (secondary N) is 2. The van der Waals surface area contributed by atoms with Crippen LogP contribution in [0.2, 0.25) is 0 Å². The number of aryl methyl sites for hydroxylation is 1. The highest BCUT2D eigenvalue weighted by Gasteiger charge is 2.08. The first-order valence-corrected chi connectivity index (χ1v) is 6.97. The van der Waals surface area contributed by atoms with E-state index in [0.29, 0.717) is 12.1 Å². The topological polar surface area (TPSA) is 61.7 Å². The van der Waals surface area contributed by atoms with E-state index in [9.17, 15) is 4.79 Å². The third-order valence-corrected chi connectivity index (χ3v) is 3.37. The van der Waals surface area contributed by atoms with Gasteiger partial charge in [-0.1, -0.05) is 12.1 Å². The van der Waals surface area contributed by atoms with Crippen molar-refractivity contribution in [2.45, 2.75) is 20.0 Å². The van der Waals surface area contributed by atoms with Gasteiger partial charge in [-0.05, 0) is 19.1 Å². The molecule has 3 aromatic rings. The number of imidazole rings is 1. The first-order valence-electron chi connectivity index (χ1n) is 6.97. The highest BCUT2D eigenvalue weighted by molar-refractivity contribution is 5.93. The third-order valence-electron chi connectivity index (χ3n) is 3.37. The van der Waals surface area contributed by atoms with Gasteiger partial charge in [0.15, 0.2) is 12.4 Å². The molecule has 0 fully saturated rings. The summed E-state index contributed by atoms with van der Waals surface area (Å²) < 4.78 is 2.01. The standard InChI is InChI=1S/C16H16N4O/c1-2-20-9-7-12(8-10-20)16(21)17-11-15-18-13-5-3-4-6-14(13)19-15/h3-10H,2,11H2,1H3,(H-,17,18,19,21)/p+1. The lowest BCUT2D eigenvalue weighted by atomic mass is 10.2. The van der Waals surface area contributed by atoms with Gasteiger partial charge in [0.1, 0.15) is 12.4 Å². The Hall–Kier alpha value is -2.69. The van der Waals surface area contributed by atoms with Crippen molar-refractivity contribution in [2.75, 3.05) is 0 Å². The molecule has 0 saturated heterocycles. The van der Waals surface area contributed by atoms with Gasteiger partial charge in [-0.25, -0.2) is 9.55 Å². The van der Waals surface area contributed by atoms with E-state index in [2.05, 4.69) is 22.2 Å². The first-order chi connectivity index (χ1) is 10.3. The van der Waals surface area contributed by atoms with Gasteiger partial charge in [0, 0.05) is 12.1 Å². The monoisotopic (exact) mass is 281 g/mol. The van der Waals surface area contributed by atoms with Gasteiger partial charge in [0.2, 0.25) is 0 Å². The molecule has 0 saturated carbocycles. The van der Waals surface area contributed by atoms with Gasteiger partial charge < -0.3 is 10.3 Å². The first kappa shape index (κ1) is 13.3. The van der Waals surface area contributed by atoms with Crippen LogP contribution in [0.15, 0.2) is 48.8 Å². The average Bonchev–Trinajstić information content (AvgIpc) is 2.95. The van der Waals surface area contributed by atoms with Crippen LogP contribution in [0.3, 0.4) is 0 Å². The number of hydrogen-bond acceptors (Lipinski definition) is 2. The smallest absolute Gasteiger partial charge is 0.252 e. The second-order valence-electron chi connectivity index (χ2n) is 4.80. The summed E-state index contributed by atoms with van der Waals surface area (Å²) in [5.41, 5.74) is 2.53. The largest absolute Gasteiger partial charge is 0.345 e. The molecule has 0 aliphatic rings. The van der Waals surface area contributed by atoms with E-state index in [1.54, 1.807) is 0 Å². The Labute approximate surface area is 122 Å². The van der Waals surface area contributed by atoms with Crippen molar-refractivity contribution in [3.05, 3.63) is 60.2 Å². The van der Waals surface area contributed by atoms with E-state index >= 15 is 0 Å². The Kier molecular flexibility index (Phi) is 3.64. The average molecular weight is 281 g/mol. The number of aromatic nitrogens is 3. The summed E-state index contributed by atoms with van der Waals surface area (Å²) in [7, 11) is 0. The van der Waals surface area contributed by atoms with E-state index in [-0.39, 0.29) is 5.91 Å². The summed E-state index contributed by atoms with van der Waals surface area (Å²) in [6, 6.07) is 11.4. The Morgan fingerprint density at radius 1 is 1.24 bits per heavy atom. The minimum atomic E-state index is -0.0984. The van der Waals surface area contributed by atoms with Crippen LogP contribution >= 0.6 is 0 Å². The van der Waals surface area contributed by atoms with Crippen molar-refractivity contribution in [3.8, 4) is 0 Å². The third kappa shape index (κ3) is 2.91. The van der Waals surface area contributed by atoms with Crippen LogP contribution in [0.1, 0.15) is 23.1 Å². The fourth-order valence-corrected chi connectivity index (χ4v) is 2.17. The fourth-order valence-electron chi connectivity index (χ4n) is 2.17. The molecule has 0 spiro atoms. The Bertz CT molecular complexity index is 728. The van der Waals surface area contributed by atoms with Crippen LogP contribution in [-0.4, -0.2) is 15.9 Å². The molecule has 0 unspecified atom stereocenters. The summed E-state index contributed by atoms with van der Waals surface area (Å²) in [5.74, 6) is 0.655. The number of hydrogen-bond donors (Lipinski definition) is 2. The van der Waals surface area contributed by atoms with Crippen molar-refractivity contribution >= 4 is 16.9 Å². The van der Waals surface area contributed by atoms with Crippen LogP contribution in [0.5, 0.6) is 0 Å². The number of carbonyl (C=O) groups excluding carboxylic acids is 1. The predicted molar refractivity (Wildman–Crippen MR) is 79.6 cm³/mol. The molecule has 0 bridgehead atoms. The van der Waals surface area contributed by atoms with E-state index in [0.717, 1.165) is 23.4 Å². The number of pyridine rings is 1. The summed E-state index contributed by atoms with van der Waals surface area (Å²) in [6.45, 7) is 3.33. The molecular weight excluding hydrogens is 264 g/mol. The molecule has 2 N–H and O–H groups in total. The summed E-state index contributed by atoms with van der Waals surface area (Å²) in [6.07, 6.45) is 3.80. The molecule has 3 rings (SSSR count). The van der Waals surface area contributed by atoms with Gasteiger partial charge in [0.25, 0.3) is 5.91 Å². The number of fused-ring (bicyclic) bond motifs is 1. The number of para-hydroxylation sites is 2. The van der Waals surface area contributed by atoms with E-state index in [1.165, 1.54) is 0 Å². The molecule has 21 heavy (non-hydrogen) atoms. The number of aromatic amines is 1. The van der Waals surface area contributed by atoms with Crippen molar-refractivity contribution in [1.82, 2.24) is 15.3 Å². The van der Waals surface area contributed by atoms with Gasteiger partial charge in [-0.15, -0.1) is 0 Å². The molecule has 1 amide bonds. The van der Waals surface area contributed by atoms with Gasteiger partial charge >= 0.3 is 0 Å². The Morgan fingerprint density at radius 2 is 2.00 bits per heavy atom. The van der Waals surface area contributed by atoms with Crippen molar-refractivity contribution in [1.29, 1.82) is 0 Å². The van der Waals surface area contributed by atoms with Gasteiger partial charge in [-0.3, -0.25) is 4.79 Å². The fraction of sp³-hybridized carbons (Fsp3) is 0.188. The number of carbonyl (C=O) groups is 1. The highest BCUT2D eigenvalue weighted by atomic mass is 16.1. The molecule has 5 heteroatoms. The molecule has 5 nitrogen and oxygen atoms in total. The van der Waals surface area contributed by atoms with E-state index < -0.39 is 0 Å². The molecule has 0 aliphatic carbocycles. The minimum absolute atomic E-state index is 0.0984. The SMILES string of the molecule is CC[n+]1ccc(C(=O)NCc2nc3ccccc3[nH]2)cc1. The van der Waals surface area contributed by atoms with E-state index in [4.69, 9.17) is 0 Å². The molecular formula is C16H17N4O+. The lowest BCUT2D eigenvalue weighted by molar-refractivity contribution is -0.693. The molecule has 2 aromatic heterocycles. The van der Waals surface area contributed by atoms with E-state index in [1.807, 2.05) is 53.4 Å². The van der Waals surface area contributed by atoms with Crippen LogP contribution in [0, 0.1) is 0 Å². The zero-order chi connectivity index (χ0) is 14.7. The van der Waals surface area contributed by atoms with Gasteiger partial charge in [0.05, 0.1) is 23.1 Å². The molecule has 2 heterocycles. The molecule has 0 atom stereocenters. The maximum Gasteiger partial charge on any atom is 0.252 e. The minimum Gasteiger partial charge on any atom is -0.345 e. The van der Waals surface area contributed by atoms with Crippen LogP contribution in [-0.2, 0) is 13.1 Å². The highest BCUT2D eigenvalue weighted by Crippen LogP contribution is 2.10. The second kappa shape index (κ2) is 5.75. The normalized spacial score (nSPS) is 10.7. The van der Waals surface area contributed by atoms with Gasteiger partial charge in [-0.2, -0.15) is 0 Å². The summed E-state index contributed by atoms with van der Waals surface area (Å²) >= 11 is 0. The number of H-pyrrole nitrogens is 1. The second-order valence-corrected chi connectivity index (χ2v) is 4.80. The number of amides is 1. The number of benzene rings is 1. The molecule has 0 radical (unpaired) electrons. The maximum atomic E-state index is 12.1. The number of rotatable bonds is 4. The maximum absolute atomic E-state index is 12.1. The predicted octanol–water partition coefficient (Wildman–Crippen LogP) is 1.80. The quantitative estimate of drug-likeness (QED) is 0.716. The van der Waals surface area contributed by atoms with Crippen LogP contribution < -0.4 is 9.88 Å². The van der Waals surface area contributed by atoms with Crippen molar-refractivity contribution in [3.63, 3.8) is 0 Å².